The van der Waals surface area contributed by atoms with Gasteiger partial charge in [0.25, 0.3) is 0 Å². The lowest BCUT2D eigenvalue weighted by Crippen LogP contribution is -2.65. The monoisotopic (exact) mass is 1040 g/mol. The number of nitrogens with one attached hydrogen (secondary N) is 1. The van der Waals surface area contributed by atoms with Gasteiger partial charge in [-0.25, -0.2) is 0 Å². The number of carbonyl (C=O) groups is 1. The zero-order valence-electron chi connectivity index (χ0n) is 45.4. The van der Waals surface area contributed by atoms with Crippen LogP contribution in [0.15, 0.2) is 60.8 Å². The van der Waals surface area contributed by atoms with Crippen LogP contribution in [0.3, 0.4) is 0 Å². The van der Waals surface area contributed by atoms with Crippen LogP contribution in [0.25, 0.3) is 0 Å². The number of unbranched alkanes of at least 4 members (excludes halogenated alkanes) is 24. The lowest BCUT2D eigenvalue weighted by molar-refractivity contribution is -0.359. The highest BCUT2D eigenvalue weighted by Gasteiger charge is 2.51. The van der Waals surface area contributed by atoms with Crippen LogP contribution >= 0.6 is 0 Å². The molecule has 12 atom stereocenters. The molecule has 0 spiro atoms. The molecule has 1 amide bonds. The van der Waals surface area contributed by atoms with Crippen molar-refractivity contribution in [3.05, 3.63) is 60.8 Å². The van der Waals surface area contributed by atoms with Crippen molar-refractivity contribution < 1.29 is 64.6 Å². The summed E-state index contributed by atoms with van der Waals surface area (Å²) in [5, 5.41) is 87.1. The van der Waals surface area contributed by atoms with E-state index in [0.717, 1.165) is 83.5 Å². The van der Waals surface area contributed by atoms with E-state index in [9.17, 15) is 45.6 Å². The molecule has 12 unspecified atom stereocenters. The number of aliphatic hydroxyl groups is 8. The number of ether oxygens (including phenoxy) is 4. The smallest absolute Gasteiger partial charge is 0.220 e. The topological polar surface area (TPSA) is 228 Å². The maximum Gasteiger partial charge on any atom is 0.220 e. The van der Waals surface area contributed by atoms with Crippen LogP contribution in [-0.2, 0) is 23.7 Å². The zero-order chi connectivity index (χ0) is 53.2. The second-order valence-corrected chi connectivity index (χ2v) is 20.4. The highest BCUT2D eigenvalue weighted by Crippen LogP contribution is 2.30. The molecular formula is C59H105NO13. The third kappa shape index (κ3) is 30.9. The summed E-state index contributed by atoms with van der Waals surface area (Å²) in [4.78, 5) is 13.2. The van der Waals surface area contributed by atoms with Gasteiger partial charge in [0.15, 0.2) is 12.6 Å². The molecule has 2 aliphatic rings. The minimum Gasteiger partial charge on any atom is -0.394 e. The lowest BCUT2D eigenvalue weighted by Gasteiger charge is -2.46. The van der Waals surface area contributed by atoms with Crippen LogP contribution in [0, 0.1) is 0 Å². The highest BCUT2D eigenvalue weighted by atomic mass is 16.7. The normalized spacial score (nSPS) is 25.8. The Balaban J connectivity index is 1.80. The first-order valence-corrected chi connectivity index (χ1v) is 29.0. The highest BCUT2D eigenvalue weighted by molar-refractivity contribution is 5.76. The van der Waals surface area contributed by atoms with Crippen molar-refractivity contribution >= 4 is 5.91 Å². The molecule has 2 heterocycles. The van der Waals surface area contributed by atoms with Gasteiger partial charge < -0.3 is 65.1 Å². The largest absolute Gasteiger partial charge is 0.394 e. The Morgan fingerprint density at radius 1 is 0.507 bits per heavy atom. The quantitative estimate of drug-likeness (QED) is 0.0205. The second kappa shape index (κ2) is 44.8. The van der Waals surface area contributed by atoms with Gasteiger partial charge in [-0.3, -0.25) is 4.79 Å². The molecule has 2 saturated heterocycles. The van der Waals surface area contributed by atoms with Crippen LogP contribution in [0.1, 0.15) is 213 Å². The summed E-state index contributed by atoms with van der Waals surface area (Å²) in [6.45, 7) is 2.68. The first-order valence-electron chi connectivity index (χ1n) is 29.0. The van der Waals surface area contributed by atoms with E-state index in [2.05, 4.69) is 67.8 Å². The SMILES string of the molecule is CC/C=C\C/C=C\C/C=C\C/C=C\CCCCCCCCC(=O)NC(COC1OC(CO)C(OC2OC(CO)C(O)C(O)C2O)C(O)C1O)C(O)/C=C/CCCCCCCCCCCCCCCCCCCC. The van der Waals surface area contributed by atoms with Gasteiger partial charge in [-0.1, -0.05) is 209 Å². The number of amides is 1. The summed E-state index contributed by atoms with van der Waals surface area (Å²) in [5.41, 5.74) is 0. The fourth-order valence-corrected chi connectivity index (χ4v) is 9.28. The molecule has 9 N–H and O–H groups in total. The Bertz CT molecular complexity index is 1450. The fraction of sp³-hybridized carbons (Fsp3) is 0.814. The number of aliphatic hydroxyl groups excluding tert-OH is 8. The zero-order valence-corrected chi connectivity index (χ0v) is 45.4. The maximum atomic E-state index is 13.2. The second-order valence-electron chi connectivity index (χ2n) is 20.4. The molecule has 0 aromatic heterocycles. The molecule has 0 radical (unpaired) electrons. The van der Waals surface area contributed by atoms with Crippen molar-refractivity contribution in [3.8, 4) is 0 Å². The van der Waals surface area contributed by atoms with Crippen molar-refractivity contribution in [1.82, 2.24) is 5.32 Å². The summed E-state index contributed by atoms with van der Waals surface area (Å²) in [7, 11) is 0. The molecule has 14 heteroatoms. The average Bonchev–Trinajstić information content (AvgIpc) is 3.39. The molecule has 0 aromatic carbocycles. The maximum absolute atomic E-state index is 13.2. The van der Waals surface area contributed by atoms with Crippen molar-refractivity contribution in [2.75, 3.05) is 19.8 Å². The Hall–Kier alpha value is -2.31. The van der Waals surface area contributed by atoms with E-state index in [1.807, 2.05) is 6.08 Å². The molecular weight excluding hydrogens is 931 g/mol. The van der Waals surface area contributed by atoms with Gasteiger partial charge in [-0.15, -0.1) is 0 Å². The van der Waals surface area contributed by atoms with Crippen LogP contribution in [0.5, 0.6) is 0 Å². The average molecular weight is 1040 g/mol. The molecule has 73 heavy (non-hydrogen) atoms. The third-order valence-corrected chi connectivity index (χ3v) is 14.0. The van der Waals surface area contributed by atoms with Crippen LogP contribution in [0.4, 0.5) is 0 Å². The van der Waals surface area contributed by atoms with E-state index in [1.165, 1.54) is 103 Å². The van der Waals surface area contributed by atoms with E-state index in [0.29, 0.717) is 6.42 Å². The van der Waals surface area contributed by atoms with Crippen molar-refractivity contribution in [3.63, 3.8) is 0 Å². The van der Waals surface area contributed by atoms with E-state index >= 15 is 0 Å². The van der Waals surface area contributed by atoms with Gasteiger partial charge in [0.2, 0.25) is 5.91 Å². The first-order chi connectivity index (χ1) is 35.6. The van der Waals surface area contributed by atoms with E-state index in [4.69, 9.17) is 18.9 Å². The first kappa shape index (κ1) is 66.8. The van der Waals surface area contributed by atoms with Gasteiger partial charge in [-0.2, -0.15) is 0 Å². The van der Waals surface area contributed by atoms with Gasteiger partial charge in [-0.05, 0) is 57.8 Å². The molecule has 14 nitrogen and oxygen atoms in total. The molecule has 0 aromatic rings. The number of allylic oxidation sites excluding steroid dienone is 9. The molecule has 0 saturated carbocycles. The van der Waals surface area contributed by atoms with Gasteiger partial charge >= 0.3 is 0 Å². The van der Waals surface area contributed by atoms with Crippen LogP contribution in [0.2, 0.25) is 0 Å². The summed E-state index contributed by atoms with van der Waals surface area (Å²) >= 11 is 0. The van der Waals surface area contributed by atoms with E-state index in [-0.39, 0.29) is 18.9 Å². The summed E-state index contributed by atoms with van der Waals surface area (Å²) in [6, 6.07) is -0.925. The number of hydrogen-bond donors (Lipinski definition) is 9. The Morgan fingerprint density at radius 2 is 0.945 bits per heavy atom. The predicted octanol–water partition coefficient (Wildman–Crippen LogP) is 9.39. The number of hydrogen-bond acceptors (Lipinski definition) is 13. The van der Waals surface area contributed by atoms with Crippen molar-refractivity contribution in [2.45, 2.75) is 286 Å². The van der Waals surface area contributed by atoms with Gasteiger partial charge in [0, 0.05) is 6.42 Å². The third-order valence-electron chi connectivity index (χ3n) is 14.0. The number of carbonyl (C=O) groups excluding carboxylic acids is 1. The van der Waals surface area contributed by atoms with Gasteiger partial charge in [0.1, 0.15) is 48.8 Å². The van der Waals surface area contributed by atoms with Crippen molar-refractivity contribution in [2.24, 2.45) is 0 Å². The fourth-order valence-electron chi connectivity index (χ4n) is 9.28. The Kier molecular flexibility index (Phi) is 41.0. The van der Waals surface area contributed by atoms with E-state index in [1.54, 1.807) is 6.08 Å². The summed E-state index contributed by atoms with van der Waals surface area (Å²) < 4.78 is 22.8. The summed E-state index contributed by atoms with van der Waals surface area (Å²) in [5.74, 6) is -0.254. The standard InChI is InChI=1S/C59H105NO13/c1-3-5-7-9-11-13-15-17-19-21-23-25-26-28-30-32-34-36-38-40-42-48(63)47(60-51(64)43-41-39-37-35-33-31-29-27-24-22-20-18-16-14-12-10-8-6-4-2)46-70-58-56(69)54(67)57(50(45-62)72-58)73-59-55(68)53(66)52(65)49(44-61)71-59/h6,8,12,14,18,20,24,27,40,42,47-50,52-59,61-63,65-69H,3-5,7,9-11,13,15-17,19,21-23,25-26,28-39,41,43-46H2,1-2H3,(H,60,64)/b8-6-,14-12-,20-18-,27-24-,42-40+. The minimum atomic E-state index is -1.79. The van der Waals surface area contributed by atoms with Crippen molar-refractivity contribution in [1.29, 1.82) is 0 Å². The molecule has 0 bridgehead atoms. The Morgan fingerprint density at radius 3 is 1.45 bits per heavy atom. The van der Waals surface area contributed by atoms with Crippen LogP contribution in [-0.4, -0.2) is 140 Å². The molecule has 2 aliphatic heterocycles. The molecule has 2 fully saturated rings. The Labute approximate surface area is 441 Å². The molecule has 2 rings (SSSR count). The number of rotatable bonds is 45. The molecule has 0 aliphatic carbocycles. The van der Waals surface area contributed by atoms with Crippen LogP contribution < -0.4 is 5.32 Å². The molecule has 424 valence electrons. The van der Waals surface area contributed by atoms with Gasteiger partial charge in [0.05, 0.1) is 32.0 Å². The van der Waals surface area contributed by atoms with E-state index < -0.39 is 86.8 Å². The minimum absolute atomic E-state index is 0.254. The lowest BCUT2D eigenvalue weighted by atomic mass is 9.97. The predicted molar refractivity (Wildman–Crippen MR) is 290 cm³/mol. The summed E-state index contributed by atoms with van der Waals surface area (Å²) in [6.07, 6.45) is 39.6.